The number of rotatable bonds is 8. The average molecular weight is 478 g/mol. The molecule has 1 aliphatic rings. The maximum Gasteiger partial charge on any atom is 0.178 e. The Hall–Kier alpha value is -3.01. The van der Waals surface area contributed by atoms with Gasteiger partial charge in [-0.3, -0.25) is 4.90 Å². The molecule has 8 nitrogen and oxygen atoms in total. The normalized spacial score (nSPS) is 15.2. The molecule has 178 valence electrons. The van der Waals surface area contributed by atoms with Crippen LogP contribution in [0.1, 0.15) is 12.5 Å². The topological polar surface area (TPSA) is 74.2 Å². The minimum Gasteiger partial charge on any atom is -0.492 e. The van der Waals surface area contributed by atoms with E-state index in [0.717, 1.165) is 83.1 Å². The molecule has 0 amide bonds. The highest BCUT2D eigenvalue weighted by Gasteiger charge is 2.14. The minimum atomic E-state index is 0.612. The van der Waals surface area contributed by atoms with Crippen molar-refractivity contribution >= 4 is 40.0 Å². The van der Waals surface area contributed by atoms with E-state index in [0.29, 0.717) is 13.2 Å². The Morgan fingerprint density at radius 2 is 1.94 bits per heavy atom. The summed E-state index contributed by atoms with van der Waals surface area (Å²) in [5, 5.41) is 4.46. The largest absolute Gasteiger partial charge is 0.492 e. The number of hydrogen-bond donors (Lipinski definition) is 2. The van der Waals surface area contributed by atoms with E-state index in [1.165, 1.54) is 0 Å². The lowest BCUT2D eigenvalue weighted by Gasteiger charge is -2.32. The van der Waals surface area contributed by atoms with Crippen LogP contribution in [-0.2, 0) is 13.1 Å². The fraction of sp³-hybridized carbons (Fsp3) is 0.400. The van der Waals surface area contributed by atoms with Gasteiger partial charge < -0.3 is 24.5 Å². The first kappa shape index (κ1) is 22.8. The lowest BCUT2D eigenvalue weighted by molar-refractivity contribution is 0.133. The van der Waals surface area contributed by atoms with Crippen LogP contribution in [0, 0.1) is 4.77 Å². The quantitative estimate of drug-likeness (QED) is 0.373. The Labute approximate surface area is 204 Å². The molecule has 0 spiro atoms. The molecule has 2 aromatic carbocycles. The number of H-pyrrole nitrogens is 1. The molecule has 1 aliphatic heterocycles. The van der Waals surface area contributed by atoms with Crippen molar-refractivity contribution < 1.29 is 4.74 Å². The summed E-state index contributed by atoms with van der Waals surface area (Å²) in [6.45, 7) is 9.58. The Morgan fingerprint density at radius 1 is 1.12 bits per heavy atom. The maximum atomic E-state index is 6.18. The van der Waals surface area contributed by atoms with E-state index >= 15 is 0 Å². The van der Waals surface area contributed by atoms with E-state index in [2.05, 4.69) is 66.8 Å². The summed E-state index contributed by atoms with van der Waals surface area (Å²) in [6.07, 6.45) is 1.60. The smallest absolute Gasteiger partial charge is 0.178 e. The van der Waals surface area contributed by atoms with Crippen LogP contribution in [0.4, 0.5) is 5.82 Å². The van der Waals surface area contributed by atoms with Gasteiger partial charge in [0.05, 0.1) is 16.6 Å². The van der Waals surface area contributed by atoms with Crippen molar-refractivity contribution in [2.75, 3.05) is 51.7 Å². The first-order valence-electron chi connectivity index (χ1n) is 11.8. The number of nitrogens with one attached hydrogen (secondary N) is 2. The zero-order chi connectivity index (χ0) is 23.5. The summed E-state index contributed by atoms with van der Waals surface area (Å²) in [6, 6.07) is 12.3. The molecule has 2 N–H and O–H groups in total. The number of benzene rings is 2. The zero-order valence-electron chi connectivity index (χ0n) is 19.8. The number of piperazine rings is 1. The van der Waals surface area contributed by atoms with Gasteiger partial charge in [-0.05, 0) is 44.4 Å². The summed E-state index contributed by atoms with van der Waals surface area (Å²) >= 11 is 5.47. The van der Waals surface area contributed by atoms with E-state index in [4.69, 9.17) is 17.0 Å². The molecule has 34 heavy (non-hydrogen) atoms. The molecule has 0 bridgehead atoms. The van der Waals surface area contributed by atoms with Gasteiger partial charge in [0.25, 0.3) is 0 Å². The summed E-state index contributed by atoms with van der Waals surface area (Å²) in [4.78, 5) is 17.1. The van der Waals surface area contributed by atoms with Gasteiger partial charge in [-0.25, -0.2) is 9.97 Å². The Balaban J connectivity index is 1.30. The number of nitrogens with zero attached hydrogens (tertiary/aromatic N) is 5. The van der Waals surface area contributed by atoms with Crippen LogP contribution in [0.2, 0.25) is 0 Å². The summed E-state index contributed by atoms with van der Waals surface area (Å²) in [7, 11) is 2.18. The summed E-state index contributed by atoms with van der Waals surface area (Å²) in [5.74, 6) is 1.71. The molecule has 0 radical (unpaired) electrons. The monoisotopic (exact) mass is 477 g/mol. The van der Waals surface area contributed by atoms with Crippen molar-refractivity contribution in [3.05, 3.63) is 53.1 Å². The highest BCUT2D eigenvalue weighted by Crippen LogP contribution is 2.27. The van der Waals surface area contributed by atoms with Crippen molar-refractivity contribution in [1.29, 1.82) is 0 Å². The van der Waals surface area contributed by atoms with E-state index in [1.54, 1.807) is 6.33 Å². The number of hydrogen-bond acceptors (Lipinski definition) is 7. The third kappa shape index (κ3) is 4.77. The summed E-state index contributed by atoms with van der Waals surface area (Å²) < 4.78 is 8.98. The predicted molar refractivity (Wildman–Crippen MR) is 139 cm³/mol. The molecule has 0 unspecified atom stereocenters. The molecule has 9 heteroatoms. The van der Waals surface area contributed by atoms with Crippen LogP contribution in [0.25, 0.3) is 21.9 Å². The second-order valence-corrected chi connectivity index (χ2v) is 9.12. The van der Waals surface area contributed by atoms with Crippen LogP contribution < -0.4 is 10.1 Å². The molecule has 1 saturated heterocycles. The number of aromatic amines is 1. The van der Waals surface area contributed by atoms with Crippen molar-refractivity contribution in [2.24, 2.45) is 0 Å². The third-order valence-electron chi connectivity index (χ3n) is 6.53. The van der Waals surface area contributed by atoms with E-state index in [9.17, 15) is 0 Å². The molecular weight excluding hydrogens is 446 g/mol. The maximum absolute atomic E-state index is 6.18. The number of ether oxygens (including phenoxy) is 1. The van der Waals surface area contributed by atoms with Crippen LogP contribution in [0.3, 0.4) is 0 Å². The Morgan fingerprint density at radius 3 is 2.76 bits per heavy atom. The van der Waals surface area contributed by atoms with Crippen molar-refractivity contribution in [3.8, 4) is 5.75 Å². The molecule has 0 aliphatic carbocycles. The molecule has 0 atom stereocenters. The predicted octanol–water partition coefficient (Wildman–Crippen LogP) is 3.90. The lowest BCUT2D eigenvalue weighted by atomic mass is 10.1. The molecule has 5 rings (SSSR count). The third-order valence-corrected chi connectivity index (χ3v) is 6.85. The van der Waals surface area contributed by atoms with E-state index in [1.807, 2.05) is 18.2 Å². The van der Waals surface area contributed by atoms with Gasteiger partial charge in [-0.15, -0.1) is 0 Å². The first-order valence-corrected chi connectivity index (χ1v) is 12.3. The fourth-order valence-electron chi connectivity index (χ4n) is 4.49. The van der Waals surface area contributed by atoms with Gasteiger partial charge in [0, 0.05) is 56.8 Å². The number of anilines is 1. The first-order chi connectivity index (χ1) is 16.6. The van der Waals surface area contributed by atoms with Gasteiger partial charge >= 0.3 is 0 Å². The van der Waals surface area contributed by atoms with Gasteiger partial charge in [-0.1, -0.05) is 18.2 Å². The Bertz CT molecular complexity index is 1340. The standard InChI is InChI=1S/C25H31N7OS/c1-3-32-22-15-20-19(14-21(22)29-25(32)34)24(28-17-27-20)26-16-18-6-4-5-7-23(18)33-13-12-31-10-8-30(2)9-11-31/h4-7,14-15,17H,3,8-13,16H2,1-2H3,(H,29,34)(H,26,27,28). The highest BCUT2D eigenvalue weighted by atomic mass is 32.1. The van der Waals surface area contributed by atoms with Crippen molar-refractivity contribution in [2.45, 2.75) is 20.0 Å². The lowest BCUT2D eigenvalue weighted by Crippen LogP contribution is -2.45. The van der Waals surface area contributed by atoms with Crippen molar-refractivity contribution in [1.82, 2.24) is 29.3 Å². The number of imidazole rings is 1. The van der Waals surface area contributed by atoms with Crippen LogP contribution >= 0.6 is 12.2 Å². The molecule has 1 fully saturated rings. The molecule has 2 aromatic heterocycles. The SMILES string of the molecule is CCn1c(=S)[nH]c2cc3c(NCc4ccccc4OCCN4CCN(C)CC4)ncnc3cc21. The van der Waals surface area contributed by atoms with Gasteiger partial charge in [0.2, 0.25) is 0 Å². The number of aryl methyl sites for hydroxylation is 1. The number of fused-ring (bicyclic) bond motifs is 2. The molecule has 0 saturated carbocycles. The number of para-hydroxylation sites is 1. The second kappa shape index (κ2) is 10.1. The van der Waals surface area contributed by atoms with Crippen LogP contribution in [0.15, 0.2) is 42.7 Å². The van der Waals surface area contributed by atoms with Gasteiger partial charge in [0.15, 0.2) is 4.77 Å². The van der Waals surface area contributed by atoms with Gasteiger partial charge in [0.1, 0.15) is 24.5 Å². The highest BCUT2D eigenvalue weighted by molar-refractivity contribution is 7.71. The summed E-state index contributed by atoms with van der Waals surface area (Å²) in [5.41, 5.74) is 4.04. The fourth-order valence-corrected chi connectivity index (χ4v) is 4.83. The Kier molecular flexibility index (Phi) is 6.75. The molecule has 4 aromatic rings. The average Bonchev–Trinajstić information content (AvgIpc) is 3.17. The van der Waals surface area contributed by atoms with E-state index < -0.39 is 0 Å². The van der Waals surface area contributed by atoms with Gasteiger partial charge in [-0.2, -0.15) is 0 Å². The van der Waals surface area contributed by atoms with Crippen molar-refractivity contribution in [3.63, 3.8) is 0 Å². The van der Waals surface area contributed by atoms with E-state index in [-0.39, 0.29) is 0 Å². The van der Waals surface area contributed by atoms with Crippen LogP contribution in [0.5, 0.6) is 5.75 Å². The van der Waals surface area contributed by atoms with Crippen LogP contribution in [-0.4, -0.2) is 75.7 Å². The number of aromatic nitrogens is 4. The molecular formula is C25H31N7OS. The number of likely N-dealkylation sites (N-methyl/N-ethyl adjacent to an activating group) is 1. The second-order valence-electron chi connectivity index (χ2n) is 8.74. The molecule has 3 heterocycles. The zero-order valence-corrected chi connectivity index (χ0v) is 20.6. The minimum absolute atomic E-state index is 0.612.